The summed E-state index contributed by atoms with van der Waals surface area (Å²) in [4.78, 5) is 18.7. The monoisotopic (exact) mass is 297 g/mol. The number of thiazole rings is 1. The number of nitrogens with zero attached hydrogens (tertiary/aromatic N) is 2. The lowest BCUT2D eigenvalue weighted by atomic mass is 9.92. The van der Waals surface area contributed by atoms with Crippen LogP contribution in [0.25, 0.3) is 0 Å². The minimum absolute atomic E-state index is 0.00201. The number of carbonyl (C=O) groups excluding carboxylic acids is 1. The van der Waals surface area contributed by atoms with Crippen molar-refractivity contribution < 1.29 is 9.53 Å². The van der Waals surface area contributed by atoms with Crippen molar-refractivity contribution in [1.29, 1.82) is 0 Å². The standard InChI is InChI=1S/C14H23N3O2S/c1-14(2,3)8-12(18)16-13-15-11(10-20-13)9-17-4-6-19-7-5-17/h10H,4-9H2,1-3H3,(H,15,16,18). The predicted molar refractivity (Wildman–Crippen MR) is 80.9 cm³/mol. The summed E-state index contributed by atoms with van der Waals surface area (Å²) < 4.78 is 5.33. The first kappa shape index (κ1) is 15.4. The number of aromatic nitrogens is 1. The molecule has 0 atom stereocenters. The molecule has 112 valence electrons. The summed E-state index contributed by atoms with van der Waals surface area (Å²) in [5.41, 5.74) is 1.01. The van der Waals surface area contributed by atoms with Crippen LogP contribution in [-0.2, 0) is 16.1 Å². The molecule has 1 N–H and O–H groups in total. The van der Waals surface area contributed by atoms with Crippen LogP contribution in [-0.4, -0.2) is 42.1 Å². The Labute approximate surface area is 124 Å². The Balaban J connectivity index is 1.84. The Bertz CT molecular complexity index is 448. The van der Waals surface area contributed by atoms with E-state index in [9.17, 15) is 4.79 Å². The van der Waals surface area contributed by atoms with Crippen LogP contribution in [0, 0.1) is 5.41 Å². The van der Waals surface area contributed by atoms with E-state index < -0.39 is 0 Å². The molecule has 1 aromatic rings. The molecule has 0 radical (unpaired) electrons. The Morgan fingerprint density at radius 3 is 2.80 bits per heavy atom. The van der Waals surface area contributed by atoms with E-state index in [0.29, 0.717) is 11.6 Å². The van der Waals surface area contributed by atoms with Crippen LogP contribution in [0.2, 0.25) is 0 Å². The van der Waals surface area contributed by atoms with Gasteiger partial charge in [0.15, 0.2) is 5.13 Å². The molecule has 0 spiro atoms. The van der Waals surface area contributed by atoms with Gasteiger partial charge < -0.3 is 10.1 Å². The molecule has 0 aromatic carbocycles. The van der Waals surface area contributed by atoms with Crippen LogP contribution in [0.3, 0.4) is 0 Å². The molecule has 20 heavy (non-hydrogen) atoms. The zero-order valence-electron chi connectivity index (χ0n) is 12.4. The minimum Gasteiger partial charge on any atom is -0.379 e. The molecular weight excluding hydrogens is 274 g/mol. The molecular formula is C14H23N3O2S. The topological polar surface area (TPSA) is 54.5 Å². The fourth-order valence-electron chi connectivity index (χ4n) is 2.07. The maximum absolute atomic E-state index is 11.9. The number of morpholine rings is 1. The van der Waals surface area contributed by atoms with E-state index in [-0.39, 0.29) is 11.3 Å². The quantitative estimate of drug-likeness (QED) is 0.927. The maximum atomic E-state index is 11.9. The van der Waals surface area contributed by atoms with Crippen molar-refractivity contribution in [2.45, 2.75) is 33.7 Å². The highest BCUT2D eigenvalue weighted by Crippen LogP contribution is 2.21. The molecule has 2 rings (SSSR count). The average Bonchev–Trinajstić information content (AvgIpc) is 2.75. The first-order valence-corrected chi connectivity index (χ1v) is 7.85. The van der Waals surface area contributed by atoms with E-state index in [4.69, 9.17) is 4.74 Å². The SMILES string of the molecule is CC(C)(C)CC(=O)Nc1nc(CN2CCOCC2)cs1. The second-order valence-electron chi connectivity index (χ2n) is 6.32. The maximum Gasteiger partial charge on any atom is 0.226 e. The highest BCUT2D eigenvalue weighted by Gasteiger charge is 2.17. The third-order valence-electron chi connectivity index (χ3n) is 2.98. The smallest absolute Gasteiger partial charge is 0.226 e. The highest BCUT2D eigenvalue weighted by molar-refractivity contribution is 7.13. The minimum atomic E-state index is -0.00201. The fraction of sp³-hybridized carbons (Fsp3) is 0.714. The lowest BCUT2D eigenvalue weighted by Crippen LogP contribution is -2.35. The van der Waals surface area contributed by atoms with Crippen LogP contribution in [0.4, 0.5) is 5.13 Å². The molecule has 1 amide bonds. The summed E-state index contributed by atoms with van der Waals surface area (Å²) in [5.74, 6) is 0.0322. The Kier molecular flexibility index (Phi) is 5.12. The van der Waals surface area contributed by atoms with Crippen LogP contribution in [0.5, 0.6) is 0 Å². The molecule has 0 aliphatic carbocycles. The molecule has 1 aliphatic heterocycles. The number of anilines is 1. The van der Waals surface area contributed by atoms with Gasteiger partial charge in [0.05, 0.1) is 18.9 Å². The Morgan fingerprint density at radius 1 is 1.45 bits per heavy atom. The largest absolute Gasteiger partial charge is 0.379 e. The summed E-state index contributed by atoms with van der Waals surface area (Å²) >= 11 is 1.49. The van der Waals surface area contributed by atoms with Gasteiger partial charge in [-0.05, 0) is 5.41 Å². The van der Waals surface area contributed by atoms with Gasteiger partial charge in [-0.15, -0.1) is 11.3 Å². The van der Waals surface area contributed by atoms with E-state index in [1.54, 1.807) is 0 Å². The number of hydrogen-bond donors (Lipinski definition) is 1. The van der Waals surface area contributed by atoms with Gasteiger partial charge in [-0.1, -0.05) is 20.8 Å². The van der Waals surface area contributed by atoms with Gasteiger partial charge in [0.25, 0.3) is 0 Å². The van der Waals surface area contributed by atoms with Gasteiger partial charge in [-0.3, -0.25) is 9.69 Å². The van der Waals surface area contributed by atoms with Gasteiger partial charge >= 0.3 is 0 Å². The van der Waals surface area contributed by atoms with Gasteiger partial charge in [-0.25, -0.2) is 4.98 Å². The molecule has 2 heterocycles. The number of hydrogen-bond acceptors (Lipinski definition) is 5. The highest BCUT2D eigenvalue weighted by atomic mass is 32.1. The number of carbonyl (C=O) groups is 1. The molecule has 1 saturated heterocycles. The third-order valence-corrected chi connectivity index (χ3v) is 3.78. The van der Waals surface area contributed by atoms with Crippen LogP contribution < -0.4 is 5.32 Å². The number of ether oxygens (including phenoxy) is 1. The number of amides is 1. The summed E-state index contributed by atoms with van der Waals surface area (Å²) in [5, 5.41) is 5.59. The van der Waals surface area contributed by atoms with Crippen LogP contribution >= 0.6 is 11.3 Å². The van der Waals surface area contributed by atoms with E-state index in [2.05, 4.69) is 36.0 Å². The Hall–Kier alpha value is -0.980. The summed E-state index contributed by atoms with van der Waals surface area (Å²) in [6, 6.07) is 0. The normalized spacial score (nSPS) is 17.1. The van der Waals surface area contributed by atoms with Crippen molar-refractivity contribution in [3.63, 3.8) is 0 Å². The van der Waals surface area contributed by atoms with Crippen molar-refractivity contribution in [1.82, 2.24) is 9.88 Å². The fourth-order valence-corrected chi connectivity index (χ4v) is 2.79. The average molecular weight is 297 g/mol. The van der Waals surface area contributed by atoms with Crippen LogP contribution in [0.15, 0.2) is 5.38 Å². The van der Waals surface area contributed by atoms with Gasteiger partial charge in [-0.2, -0.15) is 0 Å². The molecule has 1 fully saturated rings. The van der Waals surface area contributed by atoms with E-state index >= 15 is 0 Å². The predicted octanol–water partition coefficient (Wildman–Crippen LogP) is 2.35. The van der Waals surface area contributed by atoms with Gasteiger partial charge in [0.2, 0.25) is 5.91 Å². The van der Waals surface area contributed by atoms with Crippen LogP contribution in [0.1, 0.15) is 32.9 Å². The molecule has 5 nitrogen and oxygen atoms in total. The lowest BCUT2D eigenvalue weighted by molar-refractivity contribution is -0.117. The number of nitrogens with one attached hydrogen (secondary N) is 1. The van der Waals surface area contributed by atoms with Crippen molar-refractivity contribution in [3.05, 3.63) is 11.1 Å². The van der Waals surface area contributed by atoms with Gasteiger partial charge in [0, 0.05) is 31.4 Å². The van der Waals surface area contributed by atoms with E-state index in [0.717, 1.165) is 38.5 Å². The third kappa shape index (κ3) is 5.19. The lowest BCUT2D eigenvalue weighted by Gasteiger charge is -2.25. The zero-order chi connectivity index (χ0) is 14.6. The van der Waals surface area contributed by atoms with Crippen molar-refractivity contribution in [2.24, 2.45) is 5.41 Å². The van der Waals surface area contributed by atoms with Crippen molar-refractivity contribution in [2.75, 3.05) is 31.6 Å². The first-order chi connectivity index (χ1) is 9.42. The molecule has 0 unspecified atom stereocenters. The molecule has 1 aliphatic rings. The molecule has 0 bridgehead atoms. The van der Waals surface area contributed by atoms with E-state index in [1.807, 2.05) is 5.38 Å². The molecule has 1 aromatic heterocycles. The van der Waals surface area contributed by atoms with Crippen molar-refractivity contribution in [3.8, 4) is 0 Å². The van der Waals surface area contributed by atoms with E-state index in [1.165, 1.54) is 11.3 Å². The van der Waals surface area contributed by atoms with Gasteiger partial charge in [0.1, 0.15) is 0 Å². The summed E-state index contributed by atoms with van der Waals surface area (Å²) in [6.07, 6.45) is 0.505. The summed E-state index contributed by atoms with van der Waals surface area (Å²) in [6.45, 7) is 10.5. The second kappa shape index (κ2) is 6.65. The second-order valence-corrected chi connectivity index (χ2v) is 7.18. The molecule has 6 heteroatoms. The Morgan fingerprint density at radius 2 is 2.15 bits per heavy atom. The summed E-state index contributed by atoms with van der Waals surface area (Å²) in [7, 11) is 0. The van der Waals surface area contributed by atoms with Crippen molar-refractivity contribution >= 4 is 22.4 Å². The first-order valence-electron chi connectivity index (χ1n) is 6.97. The molecule has 0 saturated carbocycles. The zero-order valence-corrected chi connectivity index (χ0v) is 13.3. The number of rotatable bonds is 4.